The van der Waals surface area contributed by atoms with Gasteiger partial charge in [-0.3, -0.25) is 4.79 Å². The van der Waals surface area contributed by atoms with Crippen LogP contribution in [0, 0.1) is 24.1 Å². The van der Waals surface area contributed by atoms with Crippen LogP contribution in [-0.4, -0.2) is 12.9 Å². The van der Waals surface area contributed by atoms with Gasteiger partial charge in [-0.15, -0.1) is 0 Å². The van der Waals surface area contributed by atoms with E-state index in [0.29, 0.717) is 16.9 Å². The molecule has 3 nitrogen and oxygen atoms in total. The first-order valence-corrected chi connectivity index (χ1v) is 6.41. The highest BCUT2D eigenvalue weighted by Crippen LogP contribution is 2.24. The van der Waals surface area contributed by atoms with E-state index in [1.807, 2.05) is 6.07 Å². The molecule has 2 aromatic rings. The van der Waals surface area contributed by atoms with E-state index in [1.54, 1.807) is 43.3 Å². The first kappa shape index (κ1) is 14.7. The highest BCUT2D eigenvalue weighted by Gasteiger charge is 2.24. The monoisotopic (exact) mass is 283 g/mol. The third-order valence-electron chi connectivity index (χ3n) is 3.30. The Labute approximate surface area is 122 Å². The summed E-state index contributed by atoms with van der Waals surface area (Å²) in [5.41, 5.74) is 0.842. The zero-order valence-corrected chi connectivity index (χ0v) is 11.8. The number of methoxy groups -OCH3 is 1. The van der Waals surface area contributed by atoms with Crippen molar-refractivity contribution >= 4 is 5.78 Å². The van der Waals surface area contributed by atoms with Crippen molar-refractivity contribution in [3.05, 3.63) is 65.0 Å². The number of hydrogen-bond donors (Lipinski definition) is 0. The molecule has 0 saturated heterocycles. The Bertz CT molecular complexity index is 702. The second-order valence-corrected chi connectivity index (χ2v) is 4.64. The Morgan fingerprint density at radius 1 is 1.24 bits per heavy atom. The van der Waals surface area contributed by atoms with Crippen molar-refractivity contribution in [1.82, 2.24) is 0 Å². The van der Waals surface area contributed by atoms with Crippen LogP contribution in [-0.2, 0) is 0 Å². The van der Waals surface area contributed by atoms with E-state index in [1.165, 1.54) is 13.2 Å². The van der Waals surface area contributed by atoms with Crippen molar-refractivity contribution in [1.29, 1.82) is 5.26 Å². The van der Waals surface area contributed by atoms with Gasteiger partial charge in [0.25, 0.3) is 0 Å². The molecule has 2 aromatic carbocycles. The van der Waals surface area contributed by atoms with Crippen LogP contribution in [0.25, 0.3) is 0 Å². The third kappa shape index (κ3) is 2.92. The lowest BCUT2D eigenvalue weighted by Crippen LogP contribution is -2.13. The number of nitrogens with zero attached hydrogens (tertiary/aromatic N) is 1. The molecule has 0 spiro atoms. The van der Waals surface area contributed by atoms with Crippen molar-refractivity contribution in [3.63, 3.8) is 0 Å². The van der Waals surface area contributed by atoms with E-state index in [9.17, 15) is 14.4 Å². The second-order valence-electron chi connectivity index (χ2n) is 4.64. The van der Waals surface area contributed by atoms with Crippen LogP contribution in [0.2, 0.25) is 0 Å². The van der Waals surface area contributed by atoms with Crippen LogP contribution in [0.1, 0.15) is 27.4 Å². The summed E-state index contributed by atoms with van der Waals surface area (Å²) in [4.78, 5) is 12.4. The van der Waals surface area contributed by atoms with Gasteiger partial charge in [0.15, 0.2) is 5.78 Å². The van der Waals surface area contributed by atoms with E-state index in [2.05, 4.69) is 0 Å². The van der Waals surface area contributed by atoms with Crippen LogP contribution in [0.15, 0.2) is 42.5 Å². The van der Waals surface area contributed by atoms with E-state index in [-0.39, 0.29) is 5.56 Å². The van der Waals surface area contributed by atoms with Crippen LogP contribution in [0.4, 0.5) is 4.39 Å². The Balaban J connectivity index is 2.39. The molecule has 0 amide bonds. The van der Waals surface area contributed by atoms with Gasteiger partial charge in [-0.25, -0.2) is 4.39 Å². The van der Waals surface area contributed by atoms with Crippen molar-refractivity contribution in [2.24, 2.45) is 0 Å². The minimum absolute atomic E-state index is 0.0580. The van der Waals surface area contributed by atoms with Crippen molar-refractivity contribution in [2.45, 2.75) is 12.8 Å². The van der Waals surface area contributed by atoms with E-state index < -0.39 is 17.5 Å². The average Bonchev–Trinajstić information content (AvgIpc) is 2.51. The SMILES string of the molecule is COc1ccc(C(C#N)C(=O)c2cccc(C)c2F)cc1. The molecule has 1 unspecified atom stereocenters. The summed E-state index contributed by atoms with van der Waals surface area (Å²) < 4.78 is 19.1. The lowest BCUT2D eigenvalue weighted by molar-refractivity contribution is 0.0974. The molecule has 0 aliphatic carbocycles. The molecule has 0 heterocycles. The number of halogens is 1. The zero-order valence-electron chi connectivity index (χ0n) is 11.8. The maximum Gasteiger partial charge on any atom is 0.187 e. The van der Waals surface area contributed by atoms with Crippen LogP contribution in [0.5, 0.6) is 5.75 Å². The average molecular weight is 283 g/mol. The van der Waals surface area contributed by atoms with Gasteiger partial charge < -0.3 is 4.74 Å². The topological polar surface area (TPSA) is 50.1 Å². The fourth-order valence-electron chi connectivity index (χ4n) is 2.07. The number of nitriles is 1. The maximum atomic E-state index is 14.0. The summed E-state index contributed by atoms with van der Waals surface area (Å²) in [5, 5.41) is 9.27. The van der Waals surface area contributed by atoms with Crippen LogP contribution < -0.4 is 4.74 Å². The van der Waals surface area contributed by atoms with Gasteiger partial charge in [0.1, 0.15) is 17.5 Å². The van der Waals surface area contributed by atoms with Gasteiger partial charge in [-0.1, -0.05) is 24.3 Å². The molecule has 106 valence electrons. The largest absolute Gasteiger partial charge is 0.497 e. The molecule has 0 aliphatic rings. The molecule has 0 fully saturated rings. The first-order valence-electron chi connectivity index (χ1n) is 6.41. The number of ether oxygens (including phenoxy) is 1. The molecule has 21 heavy (non-hydrogen) atoms. The minimum atomic E-state index is -1.03. The maximum absolute atomic E-state index is 14.0. The quantitative estimate of drug-likeness (QED) is 0.805. The molecule has 0 N–H and O–H groups in total. The molecule has 0 aliphatic heterocycles. The van der Waals surface area contributed by atoms with Gasteiger partial charge in [-0.2, -0.15) is 5.26 Å². The van der Waals surface area contributed by atoms with Gasteiger partial charge in [0.05, 0.1) is 18.7 Å². The molecular formula is C17H14FNO2. The predicted molar refractivity (Wildman–Crippen MR) is 76.8 cm³/mol. The molecule has 0 saturated carbocycles. The summed E-state index contributed by atoms with van der Waals surface area (Å²) in [7, 11) is 1.53. The first-order chi connectivity index (χ1) is 10.1. The number of benzene rings is 2. The summed E-state index contributed by atoms with van der Waals surface area (Å²) >= 11 is 0. The number of ketones is 1. The number of hydrogen-bond acceptors (Lipinski definition) is 3. The summed E-state index contributed by atoms with van der Waals surface area (Å²) in [6, 6.07) is 13.1. The number of carbonyl (C=O) groups excluding carboxylic acids is 1. The minimum Gasteiger partial charge on any atom is -0.497 e. The lowest BCUT2D eigenvalue weighted by atomic mass is 9.91. The fourth-order valence-corrected chi connectivity index (χ4v) is 2.07. The molecule has 0 radical (unpaired) electrons. The predicted octanol–water partition coefficient (Wildman–Crippen LogP) is 3.63. The Morgan fingerprint density at radius 3 is 2.48 bits per heavy atom. The molecule has 1 atom stereocenters. The molecule has 4 heteroatoms. The molecule has 0 bridgehead atoms. The molecule has 0 aromatic heterocycles. The second kappa shape index (κ2) is 6.19. The van der Waals surface area contributed by atoms with E-state index in [4.69, 9.17) is 4.74 Å². The Kier molecular flexibility index (Phi) is 4.34. The highest BCUT2D eigenvalue weighted by atomic mass is 19.1. The summed E-state index contributed by atoms with van der Waals surface area (Å²) in [5.74, 6) is -1.52. The third-order valence-corrected chi connectivity index (χ3v) is 3.30. The van der Waals surface area contributed by atoms with Crippen LogP contribution in [0.3, 0.4) is 0 Å². The van der Waals surface area contributed by atoms with Gasteiger partial charge >= 0.3 is 0 Å². The van der Waals surface area contributed by atoms with Crippen LogP contribution >= 0.6 is 0 Å². The molecule has 2 rings (SSSR count). The zero-order chi connectivity index (χ0) is 15.4. The number of aryl methyl sites for hydroxylation is 1. The smallest absolute Gasteiger partial charge is 0.187 e. The fraction of sp³-hybridized carbons (Fsp3) is 0.176. The normalized spacial score (nSPS) is 11.5. The van der Waals surface area contributed by atoms with Gasteiger partial charge in [0, 0.05) is 0 Å². The number of rotatable bonds is 4. The van der Waals surface area contributed by atoms with Crippen molar-refractivity contribution < 1.29 is 13.9 Å². The van der Waals surface area contributed by atoms with E-state index >= 15 is 0 Å². The lowest BCUT2D eigenvalue weighted by Gasteiger charge is -2.11. The highest BCUT2D eigenvalue weighted by molar-refractivity contribution is 6.03. The summed E-state index contributed by atoms with van der Waals surface area (Å²) in [6.07, 6.45) is 0. The van der Waals surface area contributed by atoms with E-state index in [0.717, 1.165) is 0 Å². The number of Topliss-reactive ketones (excluding diaryl/α,β-unsaturated/α-hetero) is 1. The van der Waals surface area contributed by atoms with Crippen molar-refractivity contribution in [2.75, 3.05) is 7.11 Å². The Hall–Kier alpha value is -2.67. The Morgan fingerprint density at radius 2 is 1.90 bits per heavy atom. The standard InChI is InChI=1S/C17H14FNO2/c1-11-4-3-5-14(16(11)18)17(20)15(10-19)12-6-8-13(21-2)9-7-12/h3-9,15H,1-2H3. The number of carbonyl (C=O) groups is 1. The summed E-state index contributed by atoms with van der Waals surface area (Å²) in [6.45, 7) is 1.58. The van der Waals surface area contributed by atoms with Crippen molar-refractivity contribution in [3.8, 4) is 11.8 Å². The van der Waals surface area contributed by atoms with Gasteiger partial charge in [-0.05, 0) is 36.2 Å². The molecular weight excluding hydrogens is 269 g/mol. The van der Waals surface area contributed by atoms with Gasteiger partial charge in [0.2, 0.25) is 0 Å².